The van der Waals surface area contributed by atoms with Crippen molar-refractivity contribution in [2.24, 2.45) is 36.1 Å². The highest BCUT2D eigenvalue weighted by Crippen LogP contribution is 2.65. The van der Waals surface area contributed by atoms with Crippen molar-refractivity contribution in [2.45, 2.75) is 70.8 Å². The number of nitrogens with zero attached hydrogens (tertiary/aromatic N) is 4. The summed E-state index contributed by atoms with van der Waals surface area (Å²) in [6.45, 7) is 3.88. The van der Waals surface area contributed by atoms with Gasteiger partial charge in [-0.15, -0.1) is 11.3 Å². The average Bonchev–Trinajstić information content (AvgIpc) is 3.86. The molecule has 5 aromatic rings. The van der Waals surface area contributed by atoms with Crippen LogP contribution in [0.2, 0.25) is 5.02 Å². The Labute approximate surface area is 327 Å². The second-order valence-corrected chi connectivity index (χ2v) is 17.9. The number of hydrogen-bond acceptors (Lipinski definition) is 7. The van der Waals surface area contributed by atoms with Crippen LogP contribution in [-0.4, -0.2) is 49.5 Å². The van der Waals surface area contributed by atoms with Gasteiger partial charge in [0, 0.05) is 45.7 Å². The van der Waals surface area contributed by atoms with E-state index in [0.29, 0.717) is 33.9 Å². The molecule has 4 amide bonds. The number of thiophene rings is 1. The molecule has 0 radical (unpaired) electrons. The number of aromatic hydroxyl groups is 1. The number of carbonyl (C=O) groups excluding carboxylic acids is 4. The van der Waals surface area contributed by atoms with Crippen molar-refractivity contribution >= 4 is 73.2 Å². The van der Waals surface area contributed by atoms with Crippen molar-refractivity contribution in [2.75, 3.05) is 4.90 Å². The number of anilines is 1. The third kappa shape index (κ3) is 4.79. The van der Waals surface area contributed by atoms with Gasteiger partial charge in [-0.05, 0) is 80.0 Å². The summed E-state index contributed by atoms with van der Waals surface area (Å²) in [5.41, 5.74) is 1.78. The van der Waals surface area contributed by atoms with Gasteiger partial charge in [-0.1, -0.05) is 78.9 Å². The number of halogens is 1. The van der Waals surface area contributed by atoms with Gasteiger partial charge in [0.15, 0.2) is 0 Å². The van der Waals surface area contributed by atoms with Gasteiger partial charge in [0.1, 0.15) is 17.3 Å². The molecule has 2 saturated heterocycles. The van der Waals surface area contributed by atoms with Crippen molar-refractivity contribution in [3.05, 3.63) is 88.5 Å². The van der Waals surface area contributed by atoms with Crippen molar-refractivity contribution in [1.29, 1.82) is 0 Å². The van der Waals surface area contributed by atoms with E-state index in [1.54, 1.807) is 28.0 Å². The average molecular weight is 773 g/mol. The number of aryl methyl sites for hydroxylation is 2. The van der Waals surface area contributed by atoms with E-state index in [-0.39, 0.29) is 41.8 Å². The molecule has 5 aliphatic rings. The molecular weight excluding hydrogens is 732 g/mol. The first-order valence-electron chi connectivity index (χ1n) is 19.4. The first-order valence-corrected chi connectivity index (χ1v) is 20.6. The monoisotopic (exact) mass is 772 g/mol. The summed E-state index contributed by atoms with van der Waals surface area (Å²) in [5.74, 6) is -3.62. The lowest BCUT2D eigenvalue weighted by Gasteiger charge is -2.49. The lowest BCUT2D eigenvalue weighted by molar-refractivity contribution is -0.144. The highest BCUT2D eigenvalue weighted by atomic mass is 35.5. The first-order chi connectivity index (χ1) is 26.5. The van der Waals surface area contributed by atoms with E-state index in [2.05, 4.69) is 6.08 Å². The molecule has 0 bridgehead atoms. The molecule has 10 rings (SSSR count). The van der Waals surface area contributed by atoms with E-state index >= 15 is 9.59 Å². The Hall–Kier alpha value is -4.80. The highest BCUT2D eigenvalue weighted by Gasteiger charge is 2.68. The molecule has 55 heavy (non-hydrogen) atoms. The fourth-order valence-corrected chi connectivity index (χ4v) is 12.3. The van der Waals surface area contributed by atoms with E-state index in [4.69, 9.17) is 16.7 Å². The zero-order valence-corrected chi connectivity index (χ0v) is 32.5. The lowest BCUT2D eigenvalue weighted by Crippen LogP contribution is -2.49. The molecule has 3 aromatic carbocycles. The number of rotatable bonds is 4. The van der Waals surface area contributed by atoms with Gasteiger partial charge in [0.25, 0.3) is 0 Å². The number of phenolic OH excluding ortho intramolecular Hbond substituents is 1. The second kappa shape index (κ2) is 12.4. The molecule has 280 valence electrons. The zero-order chi connectivity index (χ0) is 38.1. The number of phenols is 1. The van der Waals surface area contributed by atoms with Gasteiger partial charge < -0.3 is 5.11 Å². The number of amides is 4. The van der Waals surface area contributed by atoms with Crippen molar-refractivity contribution in [1.82, 2.24) is 14.7 Å². The molecule has 1 N–H and O–H groups in total. The van der Waals surface area contributed by atoms with Crippen LogP contribution >= 0.6 is 22.9 Å². The molecular formula is C44H41ClN4O5S. The van der Waals surface area contributed by atoms with Crippen molar-refractivity contribution in [3.8, 4) is 16.3 Å². The van der Waals surface area contributed by atoms with Gasteiger partial charge >= 0.3 is 0 Å². The molecule has 6 atom stereocenters. The number of fused-ring (bicyclic) bond motifs is 6. The Morgan fingerprint density at radius 2 is 1.69 bits per heavy atom. The van der Waals surface area contributed by atoms with Gasteiger partial charge in [0.2, 0.25) is 23.6 Å². The van der Waals surface area contributed by atoms with Crippen molar-refractivity contribution < 1.29 is 24.3 Å². The number of hydrogen-bond donors (Lipinski definition) is 1. The minimum Gasteiger partial charge on any atom is -0.507 e. The van der Waals surface area contributed by atoms with Crippen LogP contribution in [0.5, 0.6) is 5.75 Å². The van der Waals surface area contributed by atoms with E-state index < -0.39 is 35.0 Å². The van der Waals surface area contributed by atoms with Crippen LogP contribution in [0.1, 0.15) is 68.9 Å². The van der Waals surface area contributed by atoms with E-state index in [1.165, 1.54) is 4.90 Å². The topological polar surface area (TPSA) is 113 Å². The Balaban J connectivity index is 1.10. The molecule has 4 heterocycles. The normalized spacial score (nSPS) is 28.3. The summed E-state index contributed by atoms with van der Waals surface area (Å²) in [4.78, 5) is 62.7. The third-order valence-corrected chi connectivity index (χ3v) is 15.2. The predicted octanol–water partition coefficient (Wildman–Crippen LogP) is 8.69. The molecule has 2 aliphatic heterocycles. The lowest BCUT2D eigenvalue weighted by atomic mass is 9.51. The minimum atomic E-state index is -1.30. The molecule has 6 unspecified atom stereocenters. The fraction of sp³-hybridized carbons (Fsp3) is 0.386. The quantitative estimate of drug-likeness (QED) is 0.145. The number of likely N-dealkylation sites (tertiary alicyclic amines) is 1. The van der Waals surface area contributed by atoms with Crippen LogP contribution < -0.4 is 4.90 Å². The van der Waals surface area contributed by atoms with Gasteiger partial charge in [-0.25, -0.2) is 4.90 Å². The number of carbonyl (C=O) groups is 4. The molecule has 3 aliphatic carbocycles. The second-order valence-electron chi connectivity index (χ2n) is 16.4. The third-order valence-electron chi connectivity index (χ3n) is 13.7. The number of benzene rings is 3. The zero-order valence-electron chi connectivity index (χ0n) is 30.9. The van der Waals surface area contributed by atoms with Crippen LogP contribution in [0, 0.1) is 36.0 Å². The summed E-state index contributed by atoms with van der Waals surface area (Å²) in [6.07, 6.45) is 7.43. The Morgan fingerprint density at radius 1 is 0.909 bits per heavy atom. The molecule has 2 saturated carbocycles. The summed E-state index contributed by atoms with van der Waals surface area (Å²) >= 11 is 7.92. The van der Waals surface area contributed by atoms with Gasteiger partial charge in [-0.2, -0.15) is 5.10 Å². The molecule has 9 nitrogen and oxygen atoms in total. The standard InChI is InChI=1S/C44H41ClN4O5S/c1-22-30-19-24(45)14-18-34(30)55-39(22)33-21-35(47(3)46-33)49-41(52)32-20-31-27(16-17-28-36(31)42(53)48(40(28)51)25-10-5-4-6-11-25)37(44(32,2)43(49)54)29-15-13-23-9-7-8-12-26(23)38(29)50/h7-9,12-16,18-19,21,25,28,31-32,36-37,50H,4-6,10-11,17,20H2,1-3H3. The van der Waals surface area contributed by atoms with Gasteiger partial charge in [0.05, 0.1) is 28.0 Å². The smallest absolute Gasteiger partial charge is 0.242 e. The number of allylic oxidation sites excluding steroid dienone is 2. The Bertz CT molecular complexity index is 2550. The molecule has 11 heteroatoms. The van der Waals surface area contributed by atoms with Crippen LogP contribution in [0.25, 0.3) is 31.4 Å². The Morgan fingerprint density at radius 3 is 2.49 bits per heavy atom. The Kier molecular flexibility index (Phi) is 7.79. The highest BCUT2D eigenvalue weighted by molar-refractivity contribution is 7.22. The fourth-order valence-electron chi connectivity index (χ4n) is 11.0. The summed E-state index contributed by atoms with van der Waals surface area (Å²) in [5, 5.41) is 20.1. The molecule has 4 fully saturated rings. The summed E-state index contributed by atoms with van der Waals surface area (Å²) < 4.78 is 2.65. The van der Waals surface area contributed by atoms with Crippen molar-refractivity contribution in [3.63, 3.8) is 0 Å². The van der Waals surface area contributed by atoms with E-state index in [1.807, 2.05) is 74.5 Å². The summed E-state index contributed by atoms with van der Waals surface area (Å²) in [6, 6.07) is 18.9. The maximum Gasteiger partial charge on any atom is 0.242 e. The van der Waals surface area contributed by atoms with Crippen LogP contribution in [-0.2, 0) is 26.2 Å². The first kappa shape index (κ1) is 34.7. The maximum absolute atomic E-state index is 15.3. The van der Waals surface area contributed by atoms with E-state index in [0.717, 1.165) is 63.6 Å². The number of imide groups is 2. The van der Waals surface area contributed by atoms with Crippen LogP contribution in [0.4, 0.5) is 5.82 Å². The SMILES string of the molecule is Cc1c(-c2cc(N3C(=O)C4CC5C(=CCC6C(=O)N(C7CCCCC7)C(=O)C65)C(c5ccc6ccccc6c5O)C4(C)C3=O)n(C)n2)sc2ccc(Cl)cc12. The van der Waals surface area contributed by atoms with Gasteiger partial charge in [-0.3, -0.25) is 28.8 Å². The van der Waals surface area contributed by atoms with E-state index in [9.17, 15) is 14.7 Å². The maximum atomic E-state index is 15.3. The van der Waals surface area contributed by atoms with Crippen LogP contribution in [0.3, 0.4) is 0 Å². The molecule has 2 aromatic heterocycles. The predicted molar refractivity (Wildman–Crippen MR) is 213 cm³/mol. The van der Waals surface area contributed by atoms with Crippen LogP contribution in [0.15, 0.2) is 72.3 Å². The molecule has 0 spiro atoms. The summed E-state index contributed by atoms with van der Waals surface area (Å²) in [7, 11) is 1.74. The number of aromatic nitrogens is 2. The largest absolute Gasteiger partial charge is 0.507 e. The minimum absolute atomic E-state index is 0.0614.